The number of benzene rings is 2. The van der Waals surface area contributed by atoms with E-state index in [1.807, 2.05) is 42.5 Å². The van der Waals surface area contributed by atoms with Crippen molar-refractivity contribution < 1.29 is 9.47 Å². The Kier molecular flexibility index (Phi) is 6.84. The third-order valence-electron chi connectivity index (χ3n) is 4.00. The van der Waals surface area contributed by atoms with Gasteiger partial charge in [0.15, 0.2) is 17.3 Å². The third-order valence-corrected chi connectivity index (χ3v) is 4.50. The zero-order valence-electron chi connectivity index (χ0n) is 15.7. The smallest absolute Gasteiger partial charge is 0.216 e. The quantitative estimate of drug-likeness (QED) is 0.413. The zero-order chi connectivity index (χ0) is 19.9. The van der Waals surface area contributed by atoms with E-state index < -0.39 is 0 Å². The fraction of sp³-hybridized carbons (Fsp3) is 0.250. The maximum atomic E-state index is 6.06. The number of H-pyrrole nitrogens is 1. The molecule has 0 aliphatic rings. The second kappa shape index (κ2) is 9.52. The van der Waals surface area contributed by atoms with E-state index in [4.69, 9.17) is 33.3 Å². The van der Waals surface area contributed by atoms with Crippen LogP contribution in [0.25, 0.3) is 0 Å². The molecule has 3 aromatic rings. The molecule has 0 aliphatic heterocycles. The van der Waals surface area contributed by atoms with Gasteiger partial charge < -0.3 is 9.47 Å². The molecule has 0 saturated heterocycles. The van der Waals surface area contributed by atoms with Gasteiger partial charge in [-0.2, -0.15) is 14.9 Å². The lowest BCUT2D eigenvalue weighted by molar-refractivity contribution is 0.284. The summed E-state index contributed by atoms with van der Waals surface area (Å²) in [5.41, 5.74) is 1.73. The molecule has 3 rings (SSSR count). The van der Waals surface area contributed by atoms with Gasteiger partial charge in [0.1, 0.15) is 6.61 Å². The van der Waals surface area contributed by atoms with Gasteiger partial charge in [0.05, 0.1) is 13.3 Å². The van der Waals surface area contributed by atoms with E-state index in [1.54, 1.807) is 18.0 Å². The highest BCUT2D eigenvalue weighted by Crippen LogP contribution is 2.31. The summed E-state index contributed by atoms with van der Waals surface area (Å²) in [6.45, 7) is 2.43. The predicted octanol–water partition coefficient (Wildman–Crippen LogP) is 5.02. The van der Waals surface area contributed by atoms with E-state index in [2.05, 4.69) is 22.2 Å². The number of para-hydroxylation sites is 1. The number of aromatic nitrogens is 3. The lowest BCUT2D eigenvalue weighted by atomic mass is 10.2. The van der Waals surface area contributed by atoms with E-state index in [0.717, 1.165) is 29.8 Å². The summed E-state index contributed by atoms with van der Waals surface area (Å²) in [6.07, 6.45) is 3.42. The molecule has 0 aliphatic carbocycles. The molecule has 6 nitrogen and oxygen atoms in total. The van der Waals surface area contributed by atoms with Crippen LogP contribution < -0.4 is 9.47 Å². The van der Waals surface area contributed by atoms with Crippen molar-refractivity contribution in [1.29, 1.82) is 0 Å². The Morgan fingerprint density at radius 2 is 2.11 bits per heavy atom. The Hall–Kier alpha value is -2.64. The van der Waals surface area contributed by atoms with Crippen LogP contribution in [-0.2, 0) is 13.0 Å². The van der Waals surface area contributed by atoms with E-state index in [9.17, 15) is 0 Å². The van der Waals surface area contributed by atoms with Crippen LogP contribution in [0.15, 0.2) is 47.6 Å². The van der Waals surface area contributed by atoms with Gasteiger partial charge >= 0.3 is 0 Å². The lowest BCUT2D eigenvalue weighted by Crippen LogP contribution is -2.02. The van der Waals surface area contributed by atoms with E-state index in [-0.39, 0.29) is 0 Å². The molecule has 0 fully saturated rings. The first-order chi connectivity index (χ1) is 13.6. The highest BCUT2D eigenvalue weighted by molar-refractivity contribution is 7.71. The fourth-order valence-electron chi connectivity index (χ4n) is 2.68. The van der Waals surface area contributed by atoms with Crippen LogP contribution in [0.2, 0.25) is 5.02 Å². The number of methoxy groups -OCH3 is 1. The van der Waals surface area contributed by atoms with Crippen LogP contribution in [0, 0.1) is 4.77 Å². The van der Waals surface area contributed by atoms with Crippen LogP contribution in [0.1, 0.15) is 30.3 Å². The summed E-state index contributed by atoms with van der Waals surface area (Å²) in [6, 6.07) is 13.2. The van der Waals surface area contributed by atoms with Gasteiger partial charge in [-0.1, -0.05) is 36.7 Å². The monoisotopic (exact) mass is 416 g/mol. The number of halogens is 1. The average Bonchev–Trinajstić information content (AvgIpc) is 3.04. The summed E-state index contributed by atoms with van der Waals surface area (Å²) in [5.74, 6) is 2.00. The molecule has 2 aromatic carbocycles. The van der Waals surface area contributed by atoms with Crippen LogP contribution >= 0.6 is 23.8 Å². The summed E-state index contributed by atoms with van der Waals surface area (Å²) < 4.78 is 13.6. The molecule has 0 radical (unpaired) electrons. The molecular weight excluding hydrogens is 396 g/mol. The van der Waals surface area contributed by atoms with Gasteiger partial charge in [-0.3, -0.25) is 5.10 Å². The van der Waals surface area contributed by atoms with E-state index in [0.29, 0.717) is 27.9 Å². The summed E-state index contributed by atoms with van der Waals surface area (Å²) >= 11 is 11.3. The highest BCUT2D eigenvalue weighted by Gasteiger charge is 2.11. The minimum absolute atomic E-state index is 0.355. The van der Waals surface area contributed by atoms with Gasteiger partial charge in [0.2, 0.25) is 4.77 Å². The van der Waals surface area contributed by atoms with Crippen LogP contribution in [0.3, 0.4) is 0 Å². The first-order valence-corrected chi connectivity index (χ1v) is 9.66. The van der Waals surface area contributed by atoms with Crippen molar-refractivity contribution in [2.45, 2.75) is 26.4 Å². The molecule has 0 spiro atoms. The van der Waals surface area contributed by atoms with Crippen molar-refractivity contribution in [1.82, 2.24) is 14.9 Å². The second-order valence-corrected chi connectivity index (χ2v) is 6.87. The Balaban J connectivity index is 1.89. The standard InChI is InChI=1S/C20H21ClN4O2S/c1-3-6-18-23-24-20(28)25(18)22-12-15-8-5-10-17(26-2)19(15)27-13-14-7-4-9-16(21)11-14/h4-5,7-12H,3,6,13H2,1-2H3,(H,24,28)/b22-12+. The van der Waals surface area contributed by atoms with Gasteiger partial charge in [0, 0.05) is 17.0 Å². The fourth-order valence-corrected chi connectivity index (χ4v) is 3.09. The molecule has 0 atom stereocenters. The topological polar surface area (TPSA) is 64.4 Å². The zero-order valence-corrected chi connectivity index (χ0v) is 17.3. The van der Waals surface area contributed by atoms with Crippen molar-refractivity contribution >= 4 is 30.0 Å². The van der Waals surface area contributed by atoms with Crippen molar-refractivity contribution in [3.8, 4) is 11.5 Å². The SMILES string of the molecule is CCCc1n[nH]c(=S)n1/N=C/c1cccc(OC)c1OCc1cccc(Cl)c1. The average molecular weight is 417 g/mol. The Morgan fingerprint density at radius 3 is 2.86 bits per heavy atom. The van der Waals surface area contributed by atoms with Gasteiger partial charge in [-0.15, -0.1) is 0 Å². The van der Waals surface area contributed by atoms with Crippen LogP contribution in [0.5, 0.6) is 11.5 Å². The Morgan fingerprint density at radius 1 is 1.29 bits per heavy atom. The van der Waals surface area contributed by atoms with Crippen molar-refractivity contribution in [3.63, 3.8) is 0 Å². The summed E-state index contributed by atoms with van der Waals surface area (Å²) in [7, 11) is 1.61. The number of nitrogens with zero attached hydrogens (tertiary/aromatic N) is 3. The van der Waals surface area contributed by atoms with E-state index in [1.165, 1.54) is 0 Å². The lowest BCUT2D eigenvalue weighted by Gasteiger charge is -2.13. The minimum Gasteiger partial charge on any atom is -0.493 e. The first kappa shape index (κ1) is 20.1. The molecule has 0 amide bonds. The van der Waals surface area contributed by atoms with Gasteiger partial charge in [-0.25, -0.2) is 0 Å². The number of aryl methyl sites for hydroxylation is 1. The molecule has 1 N–H and O–H groups in total. The number of ether oxygens (including phenoxy) is 2. The Labute approximate surface area is 173 Å². The number of nitrogens with one attached hydrogen (secondary N) is 1. The van der Waals surface area contributed by atoms with Gasteiger partial charge in [-0.05, 0) is 48.5 Å². The molecule has 0 bridgehead atoms. The largest absolute Gasteiger partial charge is 0.493 e. The van der Waals surface area contributed by atoms with Crippen molar-refractivity contribution in [2.75, 3.05) is 7.11 Å². The highest BCUT2D eigenvalue weighted by atomic mass is 35.5. The second-order valence-electron chi connectivity index (χ2n) is 6.05. The molecular formula is C20H21ClN4O2S. The predicted molar refractivity (Wildman–Crippen MR) is 113 cm³/mol. The maximum Gasteiger partial charge on any atom is 0.216 e. The number of aromatic amines is 1. The summed E-state index contributed by atoms with van der Waals surface area (Å²) in [4.78, 5) is 0. The molecule has 28 heavy (non-hydrogen) atoms. The number of hydrogen-bond acceptors (Lipinski definition) is 5. The molecule has 1 heterocycles. The molecule has 146 valence electrons. The molecule has 0 saturated carbocycles. The first-order valence-electron chi connectivity index (χ1n) is 8.87. The van der Waals surface area contributed by atoms with Gasteiger partial charge in [0.25, 0.3) is 0 Å². The van der Waals surface area contributed by atoms with Crippen molar-refractivity contribution in [3.05, 3.63) is 69.2 Å². The maximum absolute atomic E-state index is 6.06. The molecule has 0 unspecified atom stereocenters. The van der Waals surface area contributed by atoms with Crippen molar-refractivity contribution in [2.24, 2.45) is 5.10 Å². The van der Waals surface area contributed by atoms with Crippen LogP contribution in [-0.4, -0.2) is 28.2 Å². The molecule has 8 heteroatoms. The third kappa shape index (κ3) is 4.79. The minimum atomic E-state index is 0.355. The number of hydrogen-bond donors (Lipinski definition) is 1. The normalized spacial score (nSPS) is 11.1. The van der Waals surface area contributed by atoms with Crippen LogP contribution in [0.4, 0.5) is 0 Å². The van der Waals surface area contributed by atoms with E-state index >= 15 is 0 Å². The Bertz CT molecular complexity index is 1030. The molecule has 1 aromatic heterocycles. The number of rotatable bonds is 8. The summed E-state index contributed by atoms with van der Waals surface area (Å²) in [5, 5.41) is 12.2.